The molecule has 4 nitrogen and oxygen atoms in total. The molecule has 0 saturated carbocycles. The molecule has 0 atom stereocenters. The molecule has 2 aromatic rings. The number of carboxylic acids is 1. The second kappa shape index (κ2) is 5.91. The summed E-state index contributed by atoms with van der Waals surface area (Å²) in [5, 5.41) is 8.83. The summed E-state index contributed by atoms with van der Waals surface area (Å²) in [6, 6.07) is 14.4. The number of carbonyl (C=O) groups is 1. The average Bonchev–Trinajstić information content (AvgIpc) is 2.38. The van der Waals surface area contributed by atoms with Crippen molar-refractivity contribution in [3.8, 4) is 17.2 Å². The zero-order valence-electron chi connectivity index (χ0n) is 10.5. The Balaban J connectivity index is 2.26. The highest BCUT2D eigenvalue weighted by molar-refractivity contribution is 5.70. The van der Waals surface area contributed by atoms with Gasteiger partial charge in [0, 0.05) is 6.07 Å². The molecule has 2 rings (SSSR count). The van der Waals surface area contributed by atoms with Crippen molar-refractivity contribution in [1.29, 1.82) is 0 Å². The summed E-state index contributed by atoms with van der Waals surface area (Å²) in [5.41, 5.74) is 0.637. The highest BCUT2D eigenvalue weighted by Gasteiger charge is 2.07. The molecule has 0 amide bonds. The van der Waals surface area contributed by atoms with Gasteiger partial charge in [0.05, 0.1) is 13.5 Å². The van der Waals surface area contributed by atoms with E-state index >= 15 is 0 Å². The third-order valence-electron chi connectivity index (χ3n) is 2.51. The lowest BCUT2D eigenvalue weighted by molar-refractivity contribution is -0.136. The van der Waals surface area contributed by atoms with E-state index < -0.39 is 5.97 Å². The molecule has 0 bridgehead atoms. The van der Waals surface area contributed by atoms with Gasteiger partial charge in [-0.25, -0.2) is 0 Å². The summed E-state index contributed by atoms with van der Waals surface area (Å²) in [6.45, 7) is 0. The van der Waals surface area contributed by atoms with Gasteiger partial charge in [0.1, 0.15) is 17.2 Å². The molecule has 0 radical (unpaired) electrons. The number of hydrogen-bond donors (Lipinski definition) is 1. The van der Waals surface area contributed by atoms with E-state index in [1.54, 1.807) is 18.2 Å². The lowest BCUT2D eigenvalue weighted by Crippen LogP contribution is -2.00. The van der Waals surface area contributed by atoms with E-state index in [1.807, 2.05) is 30.3 Å². The van der Waals surface area contributed by atoms with E-state index in [4.69, 9.17) is 14.6 Å². The Kier molecular flexibility index (Phi) is 4.03. The van der Waals surface area contributed by atoms with Gasteiger partial charge in [0.15, 0.2) is 0 Å². The maximum Gasteiger partial charge on any atom is 0.307 e. The van der Waals surface area contributed by atoms with E-state index in [-0.39, 0.29) is 6.42 Å². The standard InChI is InChI=1S/C15H14O4/c1-18-13-7-11(9-15(16)17)8-14(10-13)19-12-5-3-2-4-6-12/h2-8,10H,9H2,1H3,(H,16,17). The summed E-state index contributed by atoms with van der Waals surface area (Å²) in [6.07, 6.45) is -0.0671. The van der Waals surface area contributed by atoms with E-state index in [9.17, 15) is 4.79 Å². The van der Waals surface area contributed by atoms with Gasteiger partial charge in [0.25, 0.3) is 0 Å². The Bertz CT molecular complexity index is 564. The van der Waals surface area contributed by atoms with Crippen LogP contribution in [0.5, 0.6) is 17.2 Å². The Morgan fingerprint density at radius 3 is 2.37 bits per heavy atom. The van der Waals surface area contributed by atoms with Crippen molar-refractivity contribution in [1.82, 2.24) is 0 Å². The van der Waals surface area contributed by atoms with Crippen LogP contribution in [0.3, 0.4) is 0 Å². The molecule has 4 heteroatoms. The number of rotatable bonds is 5. The van der Waals surface area contributed by atoms with Gasteiger partial charge in [0.2, 0.25) is 0 Å². The predicted molar refractivity (Wildman–Crippen MR) is 70.8 cm³/mol. The van der Waals surface area contributed by atoms with Crippen LogP contribution in [0, 0.1) is 0 Å². The maximum atomic E-state index is 10.8. The Hall–Kier alpha value is -2.49. The minimum atomic E-state index is -0.890. The molecule has 0 saturated heterocycles. The van der Waals surface area contributed by atoms with Gasteiger partial charge in [-0.3, -0.25) is 4.79 Å². The smallest absolute Gasteiger partial charge is 0.307 e. The molecule has 0 fully saturated rings. The van der Waals surface area contributed by atoms with Crippen molar-refractivity contribution in [2.24, 2.45) is 0 Å². The summed E-state index contributed by atoms with van der Waals surface area (Å²) in [7, 11) is 1.53. The maximum absolute atomic E-state index is 10.8. The molecule has 0 aliphatic carbocycles. The van der Waals surface area contributed by atoms with Gasteiger partial charge in [-0.05, 0) is 29.8 Å². The van der Waals surface area contributed by atoms with Crippen LogP contribution in [0.2, 0.25) is 0 Å². The lowest BCUT2D eigenvalue weighted by atomic mass is 10.1. The number of aliphatic carboxylic acids is 1. The summed E-state index contributed by atoms with van der Waals surface area (Å²) in [4.78, 5) is 10.8. The fourth-order valence-electron chi connectivity index (χ4n) is 1.71. The zero-order chi connectivity index (χ0) is 13.7. The van der Waals surface area contributed by atoms with Gasteiger partial charge < -0.3 is 14.6 Å². The van der Waals surface area contributed by atoms with Crippen LogP contribution in [-0.4, -0.2) is 18.2 Å². The molecule has 2 aromatic carbocycles. The first kappa shape index (κ1) is 13.0. The number of methoxy groups -OCH3 is 1. The van der Waals surface area contributed by atoms with Crippen LogP contribution in [0.25, 0.3) is 0 Å². The van der Waals surface area contributed by atoms with Crippen LogP contribution in [0.15, 0.2) is 48.5 Å². The first-order valence-electron chi connectivity index (χ1n) is 5.80. The second-order valence-corrected chi connectivity index (χ2v) is 4.00. The lowest BCUT2D eigenvalue weighted by Gasteiger charge is -2.09. The molecule has 98 valence electrons. The third kappa shape index (κ3) is 3.74. The number of para-hydroxylation sites is 1. The SMILES string of the molecule is COc1cc(CC(=O)O)cc(Oc2ccccc2)c1. The first-order chi connectivity index (χ1) is 9.17. The first-order valence-corrected chi connectivity index (χ1v) is 5.80. The number of ether oxygens (including phenoxy) is 2. The summed E-state index contributed by atoms with van der Waals surface area (Å²) >= 11 is 0. The normalized spacial score (nSPS) is 9.95. The topological polar surface area (TPSA) is 55.8 Å². The Morgan fingerprint density at radius 2 is 1.74 bits per heavy atom. The van der Waals surface area contributed by atoms with Crippen LogP contribution in [0.4, 0.5) is 0 Å². The van der Waals surface area contributed by atoms with Crippen molar-refractivity contribution >= 4 is 5.97 Å². The van der Waals surface area contributed by atoms with Crippen molar-refractivity contribution in [2.75, 3.05) is 7.11 Å². The molecule has 0 unspecified atom stereocenters. The predicted octanol–water partition coefficient (Wildman–Crippen LogP) is 3.11. The van der Waals surface area contributed by atoms with Crippen molar-refractivity contribution in [3.05, 3.63) is 54.1 Å². The van der Waals surface area contributed by atoms with Crippen molar-refractivity contribution in [3.63, 3.8) is 0 Å². The molecule has 0 aliphatic heterocycles. The average molecular weight is 258 g/mol. The van der Waals surface area contributed by atoms with E-state index in [0.29, 0.717) is 22.8 Å². The molecule has 0 aromatic heterocycles. The van der Waals surface area contributed by atoms with Crippen LogP contribution in [-0.2, 0) is 11.2 Å². The van der Waals surface area contributed by atoms with E-state index in [2.05, 4.69) is 0 Å². The fourth-order valence-corrected chi connectivity index (χ4v) is 1.71. The number of benzene rings is 2. The van der Waals surface area contributed by atoms with Crippen LogP contribution in [0.1, 0.15) is 5.56 Å². The molecule has 0 spiro atoms. The van der Waals surface area contributed by atoms with Crippen LogP contribution < -0.4 is 9.47 Å². The fraction of sp³-hybridized carbons (Fsp3) is 0.133. The molecule has 19 heavy (non-hydrogen) atoms. The minimum Gasteiger partial charge on any atom is -0.497 e. The molecule has 0 heterocycles. The van der Waals surface area contributed by atoms with Crippen molar-refractivity contribution < 1.29 is 19.4 Å². The van der Waals surface area contributed by atoms with Gasteiger partial charge >= 0.3 is 5.97 Å². The van der Waals surface area contributed by atoms with Gasteiger partial charge in [-0.15, -0.1) is 0 Å². The highest BCUT2D eigenvalue weighted by atomic mass is 16.5. The number of hydrogen-bond acceptors (Lipinski definition) is 3. The molecule has 0 aliphatic rings. The highest BCUT2D eigenvalue weighted by Crippen LogP contribution is 2.27. The zero-order valence-corrected chi connectivity index (χ0v) is 10.5. The largest absolute Gasteiger partial charge is 0.497 e. The number of carboxylic acid groups (broad SMARTS) is 1. The summed E-state index contributed by atoms with van der Waals surface area (Å²) < 4.78 is 10.8. The van der Waals surface area contributed by atoms with Crippen molar-refractivity contribution in [2.45, 2.75) is 6.42 Å². The second-order valence-electron chi connectivity index (χ2n) is 4.00. The van der Waals surface area contributed by atoms with E-state index in [1.165, 1.54) is 7.11 Å². The third-order valence-corrected chi connectivity index (χ3v) is 2.51. The quantitative estimate of drug-likeness (QED) is 0.895. The molecular weight excluding hydrogens is 244 g/mol. The van der Waals surface area contributed by atoms with Gasteiger partial charge in [-0.1, -0.05) is 18.2 Å². The Morgan fingerprint density at radius 1 is 1.05 bits per heavy atom. The van der Waals surface area contributed by atoms with Crippen LogP contribution >= 0.6 is 0 Å². The Labute approximate surface area is 111 Å². The summed E-state index contributed by atoms with van der Waals surface area (Å²) in [5.74, 6) is 0.933. The minimum absolute atomic E-state index is 0.0671. The van der Waals surface area contributed by atoms with Gasteiger partial charge in [-0.2, -0.15) is 0 Å². The molecule has 1 N–H and O–H groups in total. The monoisotopic (exact) mass is 258 g/mol. The van der Waals surface area contributed by atoms with E-state index in [0.717, 1.165) is 0 Å². The molecular formula is C15H14O4.